The van der Waals surface area contributed by atoms with Crippen LogP contribution in [0.2, 0.25) is 0 Å². The maximum atomic E-state index is 12.2. The molecule has 175 valence electrons. The molecule has 4 aromatic rings. The Labute approximate surface area is 212 Å². The first kappa shape index (κ1) is 23.0. The summed E-state index contributed by atoms with van der Waals surface area (Å²) in [4.78, 5) is 17.3. The summed E-state index contributed by atoms with van der Waals surface area (Å²) in [7, 11) is 3.25. The van der Waals surface area contributed by atoms with E-state index in [-0.39, 0.29) is 11.0 Å². The SMILES string of the molecule is COc1cc2nccc([C]3C=C3c3ccc(NC(=S)NC(=O)c4cccs4)c(C)c3)c2cc1OC. The number of allylic oxidation sites excluding steroid dienone is 2. The van der Waals surface area contributed by atoms with Gasteiger partial charge in [-0.15, -0.1) is 11.3 Å². The molecule has 8 heteroatoms. The van der Waals surface area contributed by atoms with Crippen LogP contribution < -0.4 is 20.1 Å². The van der Waals surface area contributed by atoms with Crippen molar-refractivity contribution in [3.63, 3.8) is 0 Å². The van der Waals surface area contributed by atoms with Gasteiger partial charge >= 0.3 is 0 Å². The van der Waals surface area contributed by atoms with Gasteiger partial charge in [0.05, 0.1) is 30.5 Å². The number of ether oxygens (including phenoxy) is 2. The second-order valence-electron chi connectivity index (χ2n) is 7.97. The fourth-order valence-corrected chi connectivity index (χ4v) is 4.80. The van der Waals surface area contributed by atoms with Crippen LogP contribution in [-0.2, 0) is 0 Å². The quantitative estimate of drug-likeness (QED) is 0.328. The van der Waals surface area contributed by atoms with Crippen molar-refractivity contribution < 1.29 is 14.3 Å². The largest absolute Gasteiger partial charge is 0.493 e. The predicted molar refractivity (Wildman–Crippen MR) is 144 cm³/mol. The third kappa shape index (κ3) is 4.62. The molecule has 1 radical (unpaired) electrons. The molecule has 35 heavy (non-hydrogen) atoms. The highest BCUT2D eigenvalue weighted by Gasteiger charge is 2.31. The average molecular weight is 501 g/mol. The highest BCUT2D eigenvalue weighted by molar-refractivity contribution is 7.80. The number of carbonyl (C=O) groups excluding carboxylic acids is 1. The lowest BCUT2D eigenvalue weighted by atomic mass is 9.98. The minimum atomic E-state index is -0.215. The van der Waals surface area contributed by atoms with E-state index in [1.165, 1.54) is 22.8 Å². The van der Waals surface area contributed by atoms with E-state index in [0.717, 1.165) is 33.3 Å². The summed E-state index contributed by atoms with van der Waals surface area (Å²) in [6.45, 7) is 2.01. The number of amides is 1. The van der Waals surface area contributed by atoms with Crippen molar-refractivity contribution in [3.05, 3.63) is 93.7 Å². The van der Waals surface area contributed by atoms with Crippen LogP contribution in [0.4, 0.5) is 5.69 Å². The minimum absolute atomic E-state index is 0.215. The number of methoxy groups -OCH3 is 2. The molecule has 2 aromatic heterocycles. The fraction of sp³-hybridized carbons (Fsp3) is 0.111. The van der Waals surface area contributed by atoms with E-state index >= 15 is 0 Å². The first-order valence-electron chi connectivity index (χ1n) is 10.9. The second kappa shape index (κ2) is 9.48. The number of rotatable bonds is 6. The Morgan fingerprint density at radius 3 is 2.57 bits per heavy atom. The molecule has 2 N–H and O–H groups in total. The van der Waals surface area contributed by atoms with Crippen molar-refractivity contribution in [1.82, 2.24) is 10.3 Å². The number of hydrogen-bond donors (Lipinski definition) is 2. The number of carbonyl (C=O) groups is 1. The lowest BCUT2D eigenvalue weighted by Gasteiger charge is -2.13. The summed E-state index contributed by atoms with van der Waals surface area (Å²) in [6, 6.07) is 15.6. The summed E-state index contributed by atoms with van der Waals surface area (Å²) in [6.07, 6.45) is 3.98. The van der Waals surface area contributed by atoms with Gasteiger partial charge in [-0.1, -0.05) is 18.2 Å². The predicted octanol–water partition coefficient (Wildman–Crippen LogP) is 5.77. The molecule has 0 bridgehead atoms. The molecule has 1 amide bonds. The molecule has 1 aliphatic carbocycles. The van der Waals surface area contributed by atoms with E-state index in [0.29, 0.717) is 16.4 Å². The number of nitrogens with one attached hydrogen (secondary N) is 2. The third-order valence-corrected chi connectivity index (χ3v) is 6.86. The molecule has 0 atom stereocenters. The van der Waals surface area contributed by atoms with Crippen molar-refractivity contribution >= 4 is 56.7 Å². The molecule has 0 aliphatic heterocycles. The zero-order valence-corrected chi connectivity index (χ0v) is 21.0. The van der Waals surface area contributed by atoms with E-state index in [1.807, 2.05) is 54.9 Å². The van der Waals surface area contributed by atoms with Crippen LogP contribution in [0.5, 0.6) is 11.5 Å². The molecule has 2 heterocycles. The highest BCUT2D eigenvalue weighted by atomic mass is 32.1. The Hall–Kier alpha value is -3.75. The van der Waals surface area contributed by atoms with Crippen LogP contribution in [0.15, 0.2) is 66.2 Å². The number of hydrogen-bond acceptors (Lipinski definition) is 6. The standard InChI is InChI=1S/C27H22N3O3S2/c1-15-11-16(6-7-21(15)29-27(34)30-26(31)25-5-4-10-35-25)18-12-19(18)17-8-9-28-22-14-24(33-3)23(32-2)13-20(17)22/h4-14H,1-3H3,(H2,29,30,31,34). The first-order chi connectivity index (χ1) is 17.0. The maximum Gasteiger partial charge on any atom is 0.267 e. The van der Waals surface area contributed by atoms with Crippen LogP contribution in [0, 0.1) is 12.8 Å². The zero-order valence-electron chi connectivity index (χ0n) is 19.3. The number of nitrogens with zero attached hydrogens (tertiary/aromatic N) is 1. The number of anilines is 1. The molecule has 1 aliphatic rings. The smallest absolute Gasteiger partial charge is 0.267 e. The highest BCUT2D eigenvalue weighted by Crippen LogP contribution is 2.48. The molecule has 2 aromatic carbocycles. The number of pyridine rings is 1. The number of thiocarbonyl (C=S) groups is 1. The van der Waals surface area contributed by atoms with Gasteiger partial charge in [-0.05, 0) is 77.1 Å². The third-order valence-electron chi connectivity index (χ3n) is 5.79. The molecular weight excluding hydrogens is 478 g/mol. The zero-order chi connectivity index (χ0) is 24.5. The lowest BCUT2D eigenvalue weighted by Crippen LogP contribution is -2.33. The van der Waals surface area contributed by atoms with Gasteiger partial charge in [0.25, 0.3) is 5.91 Å². The van der Waals surface area contributed by atoms with Crippen molar-refractivity contribution in [2.75, 3.05) is 19.5 Å². The summed E-state index contributed by atoms with van der Waals surface area (Å²) in [5.74, 6) is 2.28. The van der Waals surface area contributed by atoms with E-state index in [1.54, 1.807) is 20.3 Å². The molecule has 0 spiro atoms. The molecule has 5 rings (SSSR count). The second-order valence-corrected chi connectivity index (χ2v) is 9.33. The van der Waals surface area contributed by atoms with Crippen LogP contribution in [0.1, 0.15) is 26.4 Å². The van der Waals surface area contributed by atoms with Crippen molar-refractivity contribution in [1.29, 1.82) is 0 Å². The van der Waals surface area contributed by atoms with Gasteiger partial charge in [0.1, 0.15) is 0 Å². The topological polar surface area (TPSA) is 72.5 Å². The first-order valence-corrected chi connectivity index (χ1v) is 12.1. The van der Waals surface area contributed by atoms with Crippen LogP contribution >= 0.6 is 23.6 Å². The van der Waals surface area contributed by atoms with Crippen molar-refractivity contribution in [2.45, 2.75) is 6.92 Å². The Kier molecular flexibility index (Phi) is 6.23. The summed E-state index contributed by atoms with van der Waals surface area (Å²) < 4.78 is 10.9. The molecule has 0 saturated heterocycles. The van der Waals surface area contributed by atoms with Crippen LogP contribution in [0.25, 0.3) is 16.5 Å². The van der Waals surface area contributed by atoms with Gasteiger partial charge in [0.2, 0.25) is 0 Å². The summed E-state index contributed by atoms with van der Waals surface area (Å²) in [5.41, 5.74) is 6.11. The fourth-order valence-electron chi connectivity index (χ4n) is 3.97. The molecule has 6 nitrogen and oxygen atoms in total. The van der Waals surface area contributed by atoms with E-state index in [2.05, 4.69) is 27.8 Å². The monoisotopic (exact) mass is 500 g/mol. The van der Waals surface area contributed by atoms with Crippen LogP contribution in [0.3, 0.4) is 0 Å². The molecule has 0 fully saturated rings. The van der Waals surface area contributed by atoms with E-state index in [9.17, 15) is 4.79 Å². The van der Waals surface area contributed by atoms with Gasteiger partial charge in [-0.25, -0.2) is 0 Å². The van der Waals surface area contributed by atoms with E-state index < -0.39 is 0 Å². The van der Waals surface area contributed by atoms with E-state index in [4.69, 9.17) is 21.7 Å². The number of thiophene rings is 1. The Balaban J connectivity index is 1.31. The van der Waals surface area contributed by atoms with Crippen molar-refractivity contribution in [2.24, 2.45) is 0 Å². The van der Waals surface area contributed by atoms with Gasteiger partial charge in [0.15, 0.2) is 16.6 Å². The Bertz CT molecular complexity index is 1480. The summed E-state index contributed by atoms with van der Waals surface area (Å²) in [5, 5.41) is 8.98. The van der Waals surface area contributed by atoms with Gasteiger partial charge < -0.3 is 14.8 Å². The minimum Gasteiger partial charge on any atom is -0.493 e. The number of aryl methyl sites for hydroxylation is 1. The lowest BCUT2D eigenvalue weighted by molar-refractivity contribution is 0.0981. The number of benzene rings is 2. The molecule has 0 saturated carbocycles. The Morgan fingerprint density at radius 1 is 1.06 bits per heavy atom. The number of aromatic nitrogens is 1. The van der Waals surface area contributed by atoms with Gasteiger partial charge in [-0.3, -0.25) is 15.1 Å². The summed E-state index contributed by atoms with van der Waals surface area (Å²) >= 11 is 6.70. The maximum absolute atomic E-state index is 12.2. The Morgan fingerprint density at radius 2 is 1.86 bits per heavy atom. The molecular formula is C27H22N3O3S2. The normalized spacial score (nSPS) is 12.7. The number of fused-ring (bicyclic) bond motifs is 1. The van der Waals surface area contributed by atoms with Gasteiger partial charge in [0, 0.05) is 23.3 Å². The van der Waals surface area contributed by atoms with Gasteiger partial charge in [-0.2, -0.15) is 0 Å². The van der Waals surface area contributed by atoms with Crippen LogP contribution in [-0.4, -0.2) is 30.2 Å². The molecule has 0 unspecified atom stereocenters. The average Bonchev–Trinajstić information content (AvgIpc) is 3.45. The van der Waals surface area contributed by atoms with Crippen molar-refractivity contribution in [3.8, 4) is 11.5 Å².